The van der Waals surface area contributed by atoms with Crippen molar-refractivity contribution in [2.45, 2.75) is 24.2 Å². The fourth-order valence-electron chi connectivity index (χ4n) is 3.05. The molecule has 1 atom stereocenters. The normalized spacial score (nSPS) is 19.7. The molecule has 0 saturated carbocycles. The Bertz CT molecular complexity index is 795. The third-order valence-electron chi connectivity index (χ3n) is 4.40. The Morgan fingerprint density at radius 1 is 1.04 bits per heavy atom. The summed E-state index contributed by atoms with van der Waals surface area (Å²) in [6.07, 6.45) is 0.772. The van der Waals surface area contributed by atoms with Gasteiger partial charge in [-0.2, -0.15) is 4.31 Å². The molecule has 3 nitrogen and oxygen atoms in total. The Kier molecular flexibility index (Phi) is 4.37. The number of nitrogens with zero attached hydrogens (tertiary/aromatic N) is 1. The molecule has 1 heterocycles. The lowest BCUT2D eigenvalue weighted by molar-refractivity contribution is 0.376. The molecule has 1 saturated heterocycles. The molecular weight excluding hydrogens is 306 g/mol. The van der Waals surface area contributed by atoms with Crippen LogP contribution in [-0.4, -0.2) is 25.8 Å². The van der Waals surface area contributed by atoms with Crippen LogP contribution in [0, 0.1) is 6.92 Å². The van der Waals surface area contributed by atoms with Crippen molar-refractivity contribution in [2.75, 3.05) is 13.1 Å². The van der Waals surface area contributed by atoms with E-state index in [9.17, 15) is 8.42 Å². The van der Waals surface area contributed by atoms with E-state index < -0.39 is 10.0 Å². The summed E-state index contributed by atoms with van der Waals surface area (Å²) in [5.74, 6) is 0.237. The SMILES string of the molecule is C=C1CN(S(=O)(=O)c2ccc(C)cc2)CC[C@@H]1c1ccccc1. The van der Waals surface area contributed by atoms with Crippen molar-refractivity contribution in [1.82, 2.24) is 4.31 Å². The first-order chi connectivity index (χ1) is 11.0. The molecule has 0 spiro atoms. The van der Waals surface area contributed by atoms with Gasteiger partial charge in [-0.05, 0) is 31.0 Å². The number of hydrogen-bond acceptors (Lipinski definition) is 2. The Balaban J connectivity index is 1.79. The summed E-state index contributed by atoms with van der Waals surface area (Å²) in [7, 11) is -3.44. The minimum absolute atomic E-state index is 0.237. The summed E-state index contributed by atoms with van der Waals surface area (Å²) in [6.45, 7) is 6.99. The van der Waals surface area contributed by atoms with Gasteiger partial charge in [-0.15, -0.1) is 0 Å². The van der Waals surface area contributed by atoms with Crippen LogP contribution in [0.4, 0.5) is 0 Å². The van der Waals surface area contributed by atoms with Crippen LogP contribution in [0.5, 0.6) is 0 Å². The van der Waals surface area contributed by atoms with Crippen molar-refractivity contribution in [3.63, 3.8) is 0 Å². The lowest BCUT2D eigenvalue weighted by Crippen LogP contribution is -2.39. The highest BCUT2D eigenvalue weighted by atomic mass is 32.2. The molecule has 0 radical (unpaired) electrons. The summed E-state index contributed by atoms with van der Waals surface area (Å²) in [5, 5.41) is 0. The van der Waals surface area contributed by atoms with Gasteiger partial charge < -0.3 is 0 Å². The van der Waals surface area contributed by atoms with Gasteiger partial charge in [-0.25, -0.2) is 8.42 Å². The maximum Gasteiger partial charge on any atom is 0.243 e. The van der Waals surface area contributed by atoms with Crippen molar-refractivity contribution in [1.29, 1.82) is 0 Å². The topological polar surface area (TPSA) is 37.4 Å². The molecule has 0 N–H and O–H groups in total. The third-order valence-corrected chi connectivity index (χ3v) is 6.26. The average Bonchev–Trinajstić information content (AvgIpc) is 2.56. The minimum Gasteiger partial charge on any atom is -0.207 e. The predicted molar refractivity (Wildman–Crippen MR) is 92.9 cm³/mol. The maximum atomic E-state index is 12.8. The van der Waals surface area contributed by atoms with E-state index in [4.69, 9.17) is 0 Å². The molecule has 120 valence electrons. The van der Waals surface area contributed by atoms with Crippen LogP contribution < -0.4 is 0 Å². The van der Waals surface area contributed by atoms with Gasteiger partial charge in [0.25, 0.3) is 0 Å². The lowest BCUT2D eigenvalue weighted by Gasteiger charge is -2.33. The predicted octanol–water partition coefficient (Wildman–Crippen LogP) is 3.73. The molecule has 2 aromatic rings. The average molecular weight is 327 g/mol. The molecule has 1 aliphatic heterocycles. The molecule has 1 fully saturated rings. The van der Waals surface area contributed by atoms with Gasteiger partial charge in [0, 0.05) is 19.0 Å². The van der Waals surface area contributed by atoms with Gasteiger partial charge >= 0.3 is 0 Å². The second-order valence-electron chi connectivity index (χ2n) is 6.06. The molecule has 0 amide bonds. The van der Waals surface area contributed by atoms with Crippen LogP contribution in [0.2, 0.25) is 0 Å². The first-order valence-electron chi connectivity index (χ1n) is 7.78. The molecule has 0 aliphatic carbocycles. The van der Waals surface area contributed by atoms with Crippen molar-refractivity contribution < 1.29 is 8.42 Å². The number of rotatable bonds is 3. The number of piperidine rings is 1. The van der Waals surface area contributed by atoms with Gasteiger partial charge in [0.2, 0.25) is 10.0 Å². The zero-order valence-corrected chi connectivity index (χ0v) is 14.1. The zero-order valence-electron chi connectivity index (χ0n) is 13.3. The molecule has 3 rings (SSSR count). The van der Waals surface area contributed by atoms with E-state index in [1.807, 2.05) is 37.3 Å². The van der Waals surface area contributed by atoms with Crippen LogP contribution in [-0.2, 0) is 10.0 Å². The van der Waals surface area contributed by atoms with Gasteiger partial charge in [-0.1, -0.05) is 60.2 Å². The zero-order chi connectivity index (χ0) is 16.4. The van der Waals surface area contributed by atoms with Gasteiger partial charge in [-0.3, -0.25) is 0 Å². The first-order valence-corrected chi connectivity index (χ1v) is 9.22. The quantitative estimate of drug-likeness (QED) is 0.806. The number of aryl methyl sites for hydroxylation is 1. The van der Waals surface area contributed by atoms with E-state index in [0.717, 1.165) is 17.6 Å². The van der Waals surface area contributed by atoms with E-state index in [0.29, 0.717) is 18.0 Å². The van der Waals surface area contributed by atoms with Gasteiger partial charge in [0.1, 0.15) is 0 Å². The van der Waals surface area contributed by atoms with E-state index in [1.54, 1.807) is 16.4 Å². The maximum absolute atomic E-state index is 12.8. The summed E-state index contributed by atoms with van der Waals surface area (Å²) in [4.78, 5) is 0.356. The Morgan fingerprint density at radius 2 is 1.70 bits per heavy atom. The summed E-state index contributed by atoms with van der Waals surface area (Å²) in [5.41, 5.74) is 3.22. The van der Waals surface area contributed by atoms with Crippen molar-refractivity contribution >= 4 is 10.0 Å². The van der Waals surface area contributed by atoms with E-state index in [-0.39, 0.29) is 5.92 Å². The standard InChI is InChI=1S/C19H21NO2S/c1-15-8-10-18(11-9-15)23(21,22)20-13-12-19(16(2)14-20)17-6-4-3-5-7-17/h3-11,19H,2,12-14H2,1H3/t19-/m0/s1. The van der Waals surface area contributed by atoms with Crippen molar-refractivity contribution in [3.05, 3.63) is 77.9 Å². The highest BCUT2D eigenvalue weighted by molar-refractivity contribution is 7.89. The molecule has 0 aromatic heterocycles. The lowest BCUT2D eigenvalue weighted by atomic mass is 9.87. The Labute approximate surface area is 138 Å². The molecule has 0 bridgehead atoms. The second kappa shape index (κ2) is 6.30. The van der Waals surface area contributed by atoms with Crippen molar-refractivity contribution in [3.8, 4) is 0 Å². The molecule has 4 heteroatoms. The largest absolute Gasteiger partial charge is 0.243 e. The fourth-order valence-corrected chi connectivity index (χ4v) is 4.50. The summed E-state index contributed by atoms with van der Waals surface area (Å²) < 4.78 is 27.1. The van der Waals surface area contributed by atoms with Crippen LogP contribution in [0.1, 0.15) is 23.5 Å². The summed E-state index contributed by atoms with van der Waals surface area (Å²) in [6, 6.07) is 17.2. The number of sulfonamides is 1. The number of benzene rings is 2. The van der Waals surface area contributed by atoms with E-state index >= 15 is 0 Å². The smallest absolute Gasteiger partial charge is 0.207 e. The summed E-state index contributed by atoms with van der Waals surface area (Å²) >= 11 is 0. The fraction of sp³-hybridized carbons (Fsp3) is 0.263. The van der Waals surface area contributed by atoms with E-state index in [2.05, 4.69) is 18.7 Å². The van der Waals surface area contributed by atoms with Gasteiger partial charge in [0.05, 0.1) is 4.90 Å². The van der Waals surface area contributed by atoms with Crippen LogP contribution in [0.15, 0.2) is 71.6 Å². The van der Waals surface area contributed by atoms with E-state index in [1.165, 1.54) is 5.56 Å². The Morgan fingerprint density at radius 3 is 2.30 bits per heavy atom. The second-order valence-corrected chi connectivity index (χ2v) is 8.00. The Hall–Kier alpha value is -1.91. The highest BCUT2D eigenvalue weighted by Gasteiger charge is 2.31. The van der Waals surface area contributed by atoms with Crippen LogP contribution in [0.3, 0.4) is 0 Å². The van der Waals surface area contributed by atoms with Crippen molar-refractivity contribution in [2.24, 2.45) is 0 Å². The molecular formula is C19H21NO2S. The number of hydrogen-bond donors (Lipinski definition) is 0. The monoisotopic (exact) mass is 327 g/mol. The molecule has 2 aromatic carbocycles. The van der Waals surface area contributed by atoms with Crippen LogP contribution >= 0.6 is 0 Å². The minimum atomic E-state index is -3.44. The highest BCUT2D eigenvalue weighted by Crippen LogP contribution is 2.33. The molecule has 23 heavy (non-hydrogen) atoms. The molecule has 0 unspecified atom stereocenters. The first kappa shape index (κ1) is 16.0. The van der Waals surface area contributed by atoms with Crippen LogP contribution in [0.25, 0.3) is 0 Å². The van der Waals surface area contributed by atoms with Gasteiger partial charge in [0.15, 0.2) is 0 Å². The molecule has 1 aliphatic rings. The third kappa shape index (κ3) is 3.23.